The van der Waals surface area contributed by atoms with Crippen LogP contribution in [-0.2, 0) is 24.8 Å². The molecule has 0 bridgehead atoms. The Morgan fingerprint density at radius 2 is 1.54 bits per heavy atom. The fourth-order valence-corrected chi connectivity index (χ4v) is 8.41. The summed E-state index contributed by atoms with van der Waals surface area (Å²) >= 11 is 15.4. The van der Waals surface area contributed by atoms with E-state index in [1.165, 1.54) is 11.8 Å². The highest BCUT2D eigenvalue weighted by Crippen LogP contribution is 2.43. The maximum atomic E-state index is 13.9. The van der Waals surface area contributed by atoms with Gasteiger partial charge in [0.25, 0.3) is 5.12 Å². The molecule has 1 saturated heterocycles. The van der Waals surface area contributed by atoms with Crippen molar-refractivity contribution in [2.45, 2.75) is 17.0 Å². The molecule has 3 heterocycles. The number of carbonyl (C=O) groups is 3. The number of benzene rings is 3. The molecule has 2 aliphatic heterocycles. The molecule has 2 unspecified atom stereocenters. The minimum Gasteiger partial charge on any atom is -0.477 e. The number of fused-ring (bicyclic) bond motifs is 1. The van der Waals surface area contributed by atoms with Crippen LogP contribution >= 0.6 is 58.2 Å². The Labute approximate surface area is 285 Å². The third-order valence-electron chi connectivity index (χ3n) is 7.24. The Morgan fingerprint density at radius 1 is 1.00 bits per heavy atom. The molecule has 2 atom stereocenters. The van der Waals surface area contributed by atoms with E-state index in [1.54, 1.807) is 0 Å². The zero-order valence-electron chi connectivity index (χ0n) is 23.5. The van der Waals surface area contributed by atoms with Crippen LogP contribution in [0.25, 0.3) is 0 Å². The summed E-state index contributed by atoms with van der Waals surface area (Å²) in [5, 5.41) is 13.0. The number of hydrogen-bond donors (Lipinski definition) is 3. The SMILES string of the molecule is Nc1nc(/C(=N\OC(c2ccccc2)(c2ccccc2)c2ccccc2)C(=O)SNC2C(=O)N3C(C(=O)O)=C(Cl)CSC23)c(Cl)s1. The number of carboxylic acids is 1. The van der Waals surface area contributed by atoms with Crippen LogP contribution in [0.15, 0.2) is 107 Å². The van der Waals surface area contributed by atoms with E-state index >= 15 is 0 Å². The number of aliphatic carboxylic acids is 1. The number of carbonyl (C=O) groups excluding carboxylic acids is 2. The normalized spacial score (nSPS) is 18.2. The van der Waals surface area contributed by atoms with Crippen LogP contribution < -0.4 is 10.5 Å². The van der Waals surface area contributed by atoms with Gasteiger partial charge in [0.05, 0.1) is 5.03 Å². The number of thioether (sulfide) groups is 1. The van der Waals surface area contributed by atoms with Gasteiger partial charge in [0.15, 0.2) is 10.8 Å². The lowest BCUT2D eigenvalue weighted by molar-refractivity contribution is -0.148. The predicted octanol–water partition coefficient (Wildman–Crippen LogP) is 5.67. The highest BCUT2D eigenvalue weighted by Gasteiger charge is 2.54. The van der Waals surface area contributed by atoms with E-state index in [0.717, 1.165) is 32.9 Å². The number of β-lactam (4-membered cyclic amide) rings is 1. The Bertz CT molecular complexity index is 1760. The molecule has 2 aliphatic rings. The van der Waals surface area contributed by atoms with Crippen molar-refractivity contribution < 1.29 is 24.3 Å². The topological polar surface area (TPSA) is 147 Å². The number of anilines is 1. The van der Waals surface area contributed by atoms with Crippen molar-refractivity contribution >= 4 is 86.1 Å². The van der Waals surface area contributed by atoms with E-state index in [0.29, 0.717) is 11.9 Å². The first-order valence-corrected chi connectivity index (χ1v) is 17.0. The quantitative estimate of drug-likeness (QED) is 0.0618. The molecule has 3 aromatic carbocycles. The minimum absolute atomic E-state index is 0.0167. The number of oxime groups is 1. The number of nitrogens with one attached hydrogen (secondary N) is 1. The summed E-state index contributed by atoms with van der Waals surface area (Å²) in [5.41, 5.74) is 6.39. The Hall–Kier alpha value is -3.85. The number of amides is 1. The number of hydrogen-bond acceptors (Lipinski definition) is 11. The number of rotatable bonds is 10. The number of nitrogen functional groups attached to an aromatic ring is 1. The Morgan fingerprint density at radius 3 is 2.02 bits per heavy atom. The molecule has 1 amide bonds. The van der Waals surface area contributed by atoms with Crippen LogP contribution in [0.5, 0.6) is 0 Å². The molecule has 15 heteroatoms. The molecule has 4 N–H and O–H groups in total. The largest absolute Gasteiger partial charge is 0.477 e. The molecule has 0 radical (unpaired) electrons. The van der Waals surface area contributed by atoms with Crippen LogP contribution in [0.2, 0.25) is 4.34 Å². The molecule has 0 saturated carbocycles. The summed E-state index contributed by atoms with van der Waals surface area (Å²) in [4.78, 5) is 50.5. The first-order valence-electron chi connectivity index (χ1n) is 13.6. The Balaban J connectivity index is 1.37. The van der Waals surface area contributed by atoms with Gasteiger partial charge in [-0.05, 0) is 0 Å². The molecular formula is C31H23Cl2N5O5S3. The van der Waals surface area contributed by atoms with E-state index in [2.05, 4.69) is 14.9 Å². The van der Waals surface area contributed by atoms with Gasteiger partial charge in [-0.2, -0.15) is 0 Å². The molecule has 1 fully saturated rings. The van der Waals surface area contributed by atoms with Crippen molar-refractivity contribution in [2.75, 3.05) is 11.5 Å². The number of carboxylic acid groups (broad SMARTS) is 1. The molecule has 0 spiro atoms. The monoisotopic (exact) mass is 711 g/mol. The zero-order chi connectivity index (χ0) is 32.4. The summed E-state index contributed by atoms with van der Waals surface area (Å²) in [6, 6.07) is 27.5. The van der Waals surface area contributed by atoms with E-state index in [9.17, 15) is 19.5 Å². The van der Waals surface area contributed by atoms with Gasteiger partial charge in [-0.15, -0.1) is 11.8 Å². The standard InChI is InChI=1S/C31H23Cl2N5O5S3/c32-20-16-44-27-23(26(39)38(27)24(20)28(40)41)37-46-29(42)22(21-25(33)45-30(34)35-21)36-43-31(17-10-4-1-5-11-17,18-12-6-2-7-13-18)19-14-8-3-9-15-19/h1-15,23,27,37H,16H2,(H2,34,35)(H,40,41)/b36-22+. The van der Waals surface area contributed by atoms with Gasteiger partial charge in [0, 0.05) is 34.4 Å². The maximum Gasteiger partial charge on any atom is 0.353 e. The van der Waals surface area contributed by atoms with Crippen molar-refractivity contribution in [3.8, 4) is 0 Å². The highest BCUT2D eigenvalue weighted by molar-refractivity contribution is 8.14. The lowest BCUT2D eigenvalue weighted by Gasteiger charge is -2.48. The van der Waals surface area contributed by atoms with Crippen LogP contribution in [0.3, 0.4) is 0 Å². The zero-order valence-corrected chi connectivity index (χ0v) is 27.5. The lowest BCUT2D eigenvalue weighted by Crippen LogP contribution is -2.68. The smallest absolute Gasteiger partial charge is 0.353 e. The summed E-state index contributed by atoms with van der Waals surface area (Å²) in [5.74, 6) is -1.62. The summed E-state index contributed by atoms with van der Waals surface area (Å²) in [6.45, 7) is 0. The van der Waals surface area contributed by atoms with Gasteiger partial charge in [-0.1, -0.05) is 131 Å². The van der Waals surface area contributed by atoms with Gasteiger partial charge in [-0.25, -0.2) is 14.5 Å². The van der Waals surface area contributed by atoms with Gasteiger partial charge < -0.3 is 15.7 Å². The second-order valence-corrected chi connectivity index (χ2v) is 13.9. The van der Waals surface area contributed by atoms with Gasteiger partial charge in [0.2, 0.25) is 11.5 Å². The molecule has 4 aromatic rings. The van der Waals surface area contributed by atoms with Crippen LogP contribution in [0.4, 0.5) is 5.13 Å². The van der Waals surface area contributed by atoms with Gasteiger partial charge in [-0.3, -0.25) is 14.5 Å². The summed E-state index contributed by atoms with van der Waals surface area (Å²) < 4.78 is 3.00. The third kappa shape index (κ3) is 5.90. The number of nitrogens with two attached hydrogens (primary N) is 1. The first-order chi connectivity index (χ1) is 22.2. The fraction of sp³-hybridized carbons (Fsp3) is 0.129. The number of halogens is 2. The highest BCUT2D eigenvalue weighted by atomic mass is 35.5. The Kier molecular flexibility index (Phi) is 9.41. The predicted molar refractivity (Wildman–Crippen MR) is 181 cm³/mol. The van der Waals surface area contributed by atoms with Gasteiger partial charge >= 0.3 is 5.97 Å². The number of nitrogens with zero attached hydrogens (tertiary/aromatic N) is 3. The molecule has 6 rings (SSSR count). The van der Waals surface area contributed by atoms with E-state index in [4.69, 9.17) is 33.8 Å². The van der Waals surface area contributed by atoms with E-state index in [1.807, 2.05) is 91.0 Å². The van der Waals surface area contributed by atoms with E-state index in [-0.39, 0.29) is 37.4 Å². The third-order valence-corrected chi connectivity index (χ3v) is 10.8. The number of thiazole rings is 1. The summed E-state index contributed by atoms with van der Waals surface area (Å²) in [7, 11) is 0. The molecule has 1 aromatic heterocycles. The van der Waals surface area contributed by atoms with Crippen LogP contribution in [0.1, 0.15) is 22.4 Å². The van der Waals surface area contributed by atoms with Crippen molar-refractivity contribution in [3.63, 3.8) is 0 Å². The minimum atomic E-state index is -1.30. The van der Waals surface area contributed by atoms with Crippen LogP contribution in [-0.4, -0.2) is 54.9 Å². The summed E-state index contributed by atoms with van der Waals surface area (Å²) in [6.07, 6.45) is 0. The second kappa shape index (κ2) is 13.5. The molecule has 46 heavy (non-hydrogen) atoms. The van der Waals surface area contributed by atoms with E-state index < -0.39 is 34.0 Å². The van der Waals surface area contributed by atoms with Crippen molar-refractivity contribution in [2.24, 2.45) is 5.16 Å². The van der Waals surface area contributed by atoms with Crippen molar-refractivity contribution in [3.05, 3.63) is 128 Å². The average Bonchev–Trinajstić information content (AvgIpc) is 3.41. The number of aromatic nitrogens is 1. The second-order valence-electron chi connectivity index (χ2n) is 9.94. The van der Waals surface area contributed by atoms with Gasteiger partial charge in [0.1, 0.15) is 27.1 Å². The van der Waals surface area contributed by atoms with Crippen LogP contribution in [0, 0.1) is 0 Å². The lowest BCUT2D eigenvalue weighted by atomic mass is 9.80. The molecular weight excluding hydrogens is 689 g/mol. The first kappa shape index (κ1) is 32.1. The van der Waals surface area contributed by atoms with Crippen molar-refractivity contribution in [1.82, 2.24) is 14.6 Å². The fourth-order valence-electron chi connectivity index (χ4n) is 5.15. The molecule has 234 valence electrons. The average molecular weight is 713 g/mol. The molecule has 10 nitrogen and oxygen atoms in total. The maximum absolute atomic E-state index is 13.9. The van der Waals surface area contributed by atoms with Crippen molar-refractivity contribution in [1.29, 1.82) is 0 Å². The molecule has 0 aliphatic carbocycles.